The summed E-state index contributed by atoms with van der Waals surface area (Å²) < 4.78 is 6.83. The maximum Gasteiger partial charge on any atom is 0.291 e. The summed E-state index contributed by atoms with van der Waals surface area (Å²) in [6, 6.07) is 14.9. The highest BCUT2D eigenvalue weighted by molar-refractivity contribution is 7.15. The second kappa shape index (κ2) is 7.07. The van der Waals surface area contributed by atoms with Crippen LogP contribution >= 0.6 is 11.3 Å². The van der Waals surface area contributed by atoms with Gasteiger partial charge in [-0.2, -0.15) is 9.50 Å². The molecule has 0 aliphatic carbocycles. The lowest BCUT2D eigenvalue weighted by Gasteiger charge is -2.15. The molecule has 0 N–H and O–H groups in total. The van der Waals surface area contributed by atoms with Crippen molar-refractivity contribution in [2.24, 2.45) is 0 Å². The van der Waals surface area contributed by atoms with Gasteiger partial charge in [-0.1, -0.05) is 36.5 Å². The van der Waals surface area contributed by atoms with Crippen molar-refractivity contribution in [3.8, 4) is 17.1 Å². The first kappa shape index (κ1) is 18.5. The van der Waals surface area contributed by atoms with Gasteiger partial charge in [0.1, 0.15) is 10.3 Å². The minimum absolute atomic E-state index is 0.143. The molecule has 3 heterocycles. The maximum absolute atomic E-state index is 13.1. The van der Waals surface area contributed by atoms with E-state index in [4.69, 9.17) is 4.74 Å². The zero-order valence-electron chi connectivity index (χ0n) is 16.5. The molecule has 0 saturated heterocycles. The standard InChI is InChI=1S/C22H18N4O3S/c1-3-12-25-16-7-5-4-6-15(16)17(20(25)27)18-21(28)26-22(30-18)23-19(24-26)13-8-10-14(29-2)11-9-13/h4-11H,3,12H2,1-2H3. The van der Waals surface area contributed by atoms with Crippen LogP contribution in [0.15, 0.2) is 53.3 Å². The molecule has 1 aliphatic rings. The van der Waals surface area contributed by atoms with Gasteiger partial charge in [0, 0.05) is 17.7 Å². The third-order valence-corrected chi connectivity index (χ3v) is 6.13. The molecule has 30 heavy (non-hydrogen) atoms. The van der Waals surface area contributed by atoms with E-state index in [9.17, 15) is 9.59 Å². The Hall–Kier alpha value is -3.52. The number of fused-ring (bicyclic) bond motifs is 2. The van der Waals surface area contributed by atoms with Crippen LogP contribution in [0.2, 0.25) is 0 Å². The number of anilines is 1. The number of ether oxygens (including phenoxy) is 1. The Morgan fingerprint density at radius 3 is 2.53 bits per heavy atom. The van der Waals surface area contributed by atoms with Crippen LogP contribution in [-0.4, -0.2) is 34.2 Å². The monoisotopic (exact) mass is 418 g/mol. The third-order valence-electron chi connectivity index (χ3n) is 5.10. The summed E-state index contributed by atoms with van der Waals surface area (Å²) in [4.78, 5) is 33.0. The van der Waals surface area contributed by atoms with E-state index in [1.165, 1.54) is 15.9 Å². The summed E-state index contributed by atoms with van der Waals surface area (Å²) in [6.45, 7) is 2.63. The first-order chi connectivity index (χ1) is 14.6. The highest BCUT2D eigenvalue weighted by Gasteiger charge is 2.33. The van der Waals surface area contributed by atoms with Crippen LogP contribution in [0.25, 0.3) is 21.9 Å². The minimum Gasteiger partial charge on any atom is -0.497 e. The molecule has 4 aromatic rings. The minimum atomic E-state index is -0.321. The Bertz CT molecular complexity index is 1390. The Morgan fingerprint density at radius 2 is 1.83 bits per heavy atom. The van der Waals surface area contributed by atoms with Crippen LogP contribution in [0.4, 0.5) is 5.69 Å². The molecule has 0 radical (unpaired) electrons. The van der Waals surface area contributed by atoms with E-state index < -0.39 is 0 Å². The molecule has 2 aromatic carbocycles. The molecular weight excluding hydrogens is 400 g/mol. The normalized spacial score (nSPS) is 15.1. The largest absolute Gasteiger partial charge is 0.497 e. The molecule has 0 fully saturated rings. The maximum atomic E-state index is 13.1. The number of thiazole rings is 1. The summed E-state index contributed by atoms with van der Waals surface area (Å²) in [6.07, 6.45) is 0.831. The molecule has 8 heteroatoms. The van der Waals surface area contributed by atoms with E-state index in [2.05, 4.69) is 10.1 Å². The molecule has 7 nitrogen and oxygen atoms in total. The molecule has 0 atom stereocenters. The number of benzene rings is 2. The second-order valence-electron chi connectivity index (χ2n) is 6.94. The van der Waals surface area contributed by atoms with Gasteiger partial charge in [0.05, 0.1) is 18.4 Å². The molecule has 5 rings (SSSR count). The van der Waals surface area contributed by atoms with E-state index in [0.717, 1.165) is 29.0 Å². The van der Waals surface area contributed by atoms with Crippen LogP contribution in [0.3, 0.4) is 0 Å². The van der Waals surface area contributed by atoms with Crippen LogP contribution in [0.1, 0.15) is 18.9 Å². The van der Waals surface area contributed by atoms with Crippen LogP contribution in [0, 0.1) is 0 Å². The molecule has 0 saturated carbocycles. The van der Waals surface area contributed by atoms with E-state index in [-0.39, 0.29) is 11.5 Å². The average Bonchev–Trinajstić information content (AvgIpc) is 3.40. The van der Waals surface area contributed by atoms with Gasteiger partial charge < -0.3 is 9.64 Å². The number of aromatic nitrogens is 3. The predicted octanol–water partition coefficient (Wildman–Crippen LogP) is 2.50. The number of hydrogen-bond donors (Lipinski definition) is 0. The zero-order chi connectivity index (χ0) is 20.8. The van der Waals surface area contributed by atoms with Crippen molar-refractivity contribution in [1.29, 1.82) is 0 Å². The van der Waals surface area contributed by atoms with Gasteiger partial charge in [-0.25, -0.2) is 0 Å². The fourth-order valence-corrected chi connectivity index (χ4v) is 4.69. The number of rotatable bonds is 4. The van der Waals surface area contributed by atoms with Gasteiger partial charge in [-0.3, -0.25) is 9.59 Å². The summed E-state index contributed by atoms with van der Waals surface area (Å²) >= 11 is 1.20. The van der Waals surface area contributed by atoms with Crippen molar-refractivity contribution >= 4 is 33.5 Å². The van der Waals surface area contributed by atoms with Crippen LogP contribution < -0.4 is 19.7 Å². The van der Waals surface area contributed by atoms with Crippen molar-refractivity contribution in [3.63, 3.8) is 0 Å². The molecule has 1 amide bonds. The quantitative estimate of drug-likeness (QED) is 0.509. The van der Waals surface area contributed by atoms with E-state index in [0.29, 0.717) is 27.4 Å². The van der Waals surface area contributed by atoms with E-state index >= 15 is 0 Å². The lowest BCUT2D eigenvalue weighted by Crippen LogP contribution is -2.32. The third kappa shape index (κ3) is 2.72. The van der Waals surface area contributed by atoms with Gasteiger partial charge in [0.25, 0.3) is 11.5 Å². The first-order valence-corrected chi connectivity index (χ1v) is 10.4. The molecule has 0 bridgehead atoms. The lowest BCUT2D eigenvalue weighted by molar-refractivity contribution is -0.113. The van der Waals surface area contributed by atoms with Gasteiger partial charge in [0.15, 0.2) is 5.82 Å². The van der Waals surface area contributed by atoms with Crippen molar-refractivity contribution in [3.05, 3.63) is 69.0 Å². The first-order valence-electron chi connectivity index (χ1n) is 9.62. The van der Waals surface area contributed by atoms with Crippen LogP contribution in [-0.2, 0) is 4.79 Å². The van der Waals surface area contributed by atoms with E-state index in [1.807, 2.05) is 55.5 Å². The van der Waals surface area contributed by atoms with Crippen molar-refractivity contribution in [2.45, 2.75) is 13.3 Å². The van der Waals surface area contributed by atoms with Gasteiger partial charge in [-0.15, -0.1) is 5.10 Å². The number of carbonyl (C=O) groups excluding carboxylic acids is 1. The summed E-state index contributed by atoms with van der Waals surface area (Å²) in [5.41, 5.74) is 2.53. The summed E-state index contributed by atoms with van der Waals surface area (Å²) in [7, 11) is 1.60. The lowest BCUT2D eigenvalue weighted by atomic mass is 10.1. The predicted molar refractivity (Wildman–Crippen MR) is 116 cm³/mol. The molecule has 2 aromatic heterocycles. The molecule has 0 spiro atoms. The Morgan fingerprint density at radius 1 is 1.07 bits per heavy atom. The van der Waals surface area contributed by atoms with Crippen molar-refractivity contribution < 1.29 is 9.53 Å². The number of para-hydroxylation sites is 1. The summed E-state index contributed by atoms with van der Waals surface area (Å²) in [5, 5.41) is 4.39. The van der Waals surface area contributed by atoms with Gasteiger partial charge >= 0.3 is 0 Å². The number of carbonyl (C=O) groups is 1. The Labute approximate surface area is 175 Å². The second-order valence-corrected chi connectivity index (χ2v) is 7.92. The zero-order valence-corrected chi connectivity index (χ0v) is 17.3. The number of methoxy groups -OCH3 is 1. The van der Waals surface area contributed by atoms with Gasteiger partial charge in [0.2, 0.25) is 4.96 Å². The molecule has 150 valence electrons. The topological polar surface area (TPSA) is 76.8 Å². The van der Waals surface area contributed by atoms with Crippen molar-refractivity contribution in [2.75, 3.05) is 18.6 Å². The summed E-state index contributed by atoms with van der Waals surface area (Å²) in [5.74, 6) is 1.05. The fourth-order valence-electron chi connectivity index (χ4n) is 3.69. The Kier molecular flexibility index (Phi) is 4.36. The average molecular weight is 418 g/mol. The molecule has 1 aliphatic heterocycles. The molecular formula is C22H18N4O3S. The Balaban J connectivity index is 1.67. The highest BCUT2D eigenvalue weighted by atomic mass is 32.1. The van der Waals surface area contributed by atoms with Crippen LogP contribution in [0.5, 0.6) is 5.75 Å². The SMILES string of the molecule is CCCN1C(=O)C(=c2sc3nc(-c4ccc(OC)cc4)nn3c2=O)c2ccccc21. The smallest absolute Gasteiger partial charge is 0.291 e. The highest BCUT2D eigenvalue weighted by Crippen LogP contribution is 2.35. The fraction of sp³-hybridized carbons (Fsp3) is 0.182. The van der Waals surface area contributed by atoms with Crippen molar-refractivity contribution in [1.82, 2.24) is 14.6 Å². The number of amides is 1. The molecule has 0 unspecified atom stereocenters. The number of nitrogens with zero attached hydrogens (tertiary/aromatic N) is 4. The van der Waals surface area contributed by atoms with E-state index in [1.54, 1.807) is 12.0 Å². The van der Waals surface area contributed by atoms with Gasteiger partial charge in [-0.05, 0) is 36.8 Å². The number of hydrogen-bond acceptors (Lipinski definition) is 6.